The molecule has 0 aliphatic carbocycles. The van der Waals surface area contributed by atoms with Crippen molar-refractivity contribution >= 4 is 22.3 Å². The second-order valence-corrected chi connectivity index (χ2v) is 6.15. The third-order valence-electron chi connectivity index (χ3n) is 1.65. The van der Waals surface area contributed by atoms with Crippen molar-refractivity contribution in [2.24, 2.45) is 10.6 Å². The summed E-state index contributed by atoms with van der Waals surface area (Å²) in [6.45, 7) is 9.50. The second kappa shape index (κ2) is 7.34. The lowest BCUT2D eigenvalue weighted by atomic mass is 9.93. The molecule has 1 amide bonds. The number of amides is 1. The molecule has 0 aromatic heterocycles. The van der Waals surface area contributed by atoms with Crippen molar-refractivity contribution in [1.29, 1.82) is 0 Å². The molecule has 0 spiro atoms. The van der Waals surface area contributed by atoms with E-state index in [0.717, 1.165) is 0 Å². The van der Waals surface area contributed by atoms with Gasteiger partial charge in [0.25, 0.3) is 5.04 Å². The highest BCUT2D eigenvalue weighted by molar-refractivity contribution is 8.06. The van der Waals surface area contributed by atoms with E-state index in [1.807, 2.05) is 20.8 Å². The van der Waals surface area contributed by atoms with E-state index in [9.17, 15) is 9.35 Å². The van der Waals surface area contributed by atoms with E-state index in [2.05, 4.69) is 21.9 Å². The summed E-state index contributed by atoms with van der Waals surface area (Å²) < 4.78 is 11.8. The van der Waals surface area contributed by atoms with Crippen LogP contribution in [0.15, 0.2) is 17.8 Å². The highest BCUT2D eigenvalue weighted by Gasteiger charge is 2.24. The first kappa shape index (κ1) is 16.0. The first-order valence-electron chi connectivity index (χ1n) is 5.25. The Bertz CT molecular complexity index is 298. The summed E-state index contributed by atoms with van der Waals surface area (Å²) in [6.07, 6.45) is 1.37. The maximum atomic E-state index is 11.8. The van der Waals surface area contributed by atoms with Crippen molar-refractivity contribution in [3.8, 4) is 0 Å². The molecule has 1 atom stereocenters. The standard InChI is InChI=1S/C11H20N2O3S/c1-6-7-17(15)9(8-11(2,3)4)13-16-10(14)12-5/h6H,1,7-8H2,2-5H3,(H,12,14). The van der Waals surface area contributed by atoms with Crippen LogP contribution in [0.4, 0.5) is 4.79 Å². The van der Waals surface area contributed by atoms with Crippen molar-refractivity contribution in [3.63, 3.8) is 0 Å². The van der Waals surface area contributed by atoms with Crippen LogP contribution < -0.4 is 5.32 Å². The Hall–Kier alpha value is -1.01. The summed E-state index contributed by atoms with van der Waals surface area (Å²) in [5.41, 5.74) is -0.0816. The maximum absolute atomic E-state index is 11.8. The van der Waals surface area contributed by atoms with Crippen molar-refractivity contribution in [1.82, 2.24) is 5.32 Å². The van der Waals surface area contributed by atoms with Gasteiger partial charge in [-0.15, -0.1) is 0 Å². The van der Waals surface area contributed by atoms with Gasteiger partial charge in [-0.1, -0.05) is 27.4 Å². The van der Waals surface area contributed by atoms with E-state index in [4.69, 9.17) is 0 Å². The molecule has 1 unspecified atom stereocenters. The van der Waals surface area contributed by atoms with Crippen molar-refractivity contribution in [3.05, 3.63) is 12.7 Å². The molecule has 0 rings (SSSR count). The molecule has 98 valence electrons. The third-order valence-corrected chi connectivity index (χ3v) is 2.93. The number of hydrogen-bond donors (Lipinski definition) is 1. The number of carbonyl (C=O) groups is 1. The Morgan fingerprint density at radius 3 is 2.59 bits per heavy atom. The fourth-order valence-electron chi connectivity index (χ4n) is 0.949. The van der Waals surface area contributed by atoms with E-state index in [-0.39, 0.29) is 5.41 Å². The number of hydrogen-bond acceptors (Lipinski definition) is 4. The van der Waals surface area contributed by atoms with Gasteiger partial charge in [-0.2, -0.15) is 0 Å². The summed E-state index contributed by atoms with van der Waals surface area (Å²) >= 11 is -1.30. The topological polar surface area (TPSA) is 73.8 Å². The smallest absolute Gasteiger partial charge is 0.433 e. The normalized spacial score (nSPS) is 14.1. The lowest BCUT2D eigenvalue weighted by Gasteiger charge is -2.19. The van der Waals surface area contributed by atoms with Gasteiger partial charge in [-0.3, -0.25) is 4.84 Å². The second-order valence-electron chi connectivity index (χ2n) is 4.65. The van der Waals surface area contributed by atoms with Crippen LogP contribution in [0, 0.1) is 5.41 Å². The Morgan fingerprint density at radius 1 is 1.59 bits per heavy atom. The molecule has 0 aliphatic rings. The zero-order valence-corrected chi connectivity index (χ0v) is 11.6. The van der Waals surface area contributed by atoms with Crippen LogP contribution in [-0.4, -0.2) is 28.5 Å². The molecule has 0 heterocycles. The van der Waals surface area contributed by atoms with Crippen LogP contribution in [0.1, 0.15) is 27.2 Å². The summed E-state index contributed by atoms with van der Waals surface area (Å²) in [6, 6.07) is 0. The molecule has 5 nitrogen and oxygen atoms in total. The third kappa shape index (κ3) is 7.82. The highest BCUT2D eigenvalue weighted by atomic mass is 32.2. The largest absolute Gasteiger partial charge is 0.610 e. The number of carbonyl (C=O) groups excluding carboxylic acids is 1. The van der Waals surface area contributed by atoms with Crippen molar-refractivity contribution < 1.29 is 14.2 Å². The molecule has 0 saturated heterocycles. The Balaban J connectivity index is 4.71. The fraction of sp³-hybridized carbons (Fsp3) is 0.636. The zero-order chi connectivity index (χ0) is 13.5. The van der Waals surface area contributed by atoms with Crippen LogP contribution in [0.25, 0.3) is 0 Å². The van der Waals surface area contributed by atoms with Gasteiger partial charge in [0.1, 0.15) is 5.75 Å². The highest BCUT2D eigenvalue weighted by Crippen LogP contribution is 2.21. The van der Waals surface area contributed by atoms with Gasteiger partial charge in [0.2, 0.25) is 0 Å². The minimum atomic E-state index is -1.30. The molecule has 17 heavy (non-hydrogen) atoms. The fourth-order valence-corrected chi connectivity index (χ4v) is 2.07. The van der Waals surface area contributed by atoms with Gasteiger partial charge in [-0.05, 0) is 16.6 Å². The first-order chi connectivity index (χ1) is 7.80. The summed E-state index contributed by atoms with van der Waals surface area (Å²) in [5.74, 6) is 0.298. The van der Waals surface area contributed by atoms with Crippen LogP contribution in [0.5, 0.6) is 0 Å². The molecular weight excluding hydrogens is 240 g/mol. The molecule has 0 saturated carbocycles. The minimum absolute atomic E-state index is 0.0816. The molecule has 6 heteroatoms. The van der Waals surface area contributed by atoms with E-state index in [1.54, 1.807) is 6.08 Å². The quantitative estimate of drug-likeness (QED) is 0.210. The van der Waals surface area contributed by atoms with Crippen LogP contribution in [0.3, 0.4) is 0 Å². The van der Waals surface area contributed by atoms with Gasteiger partial charge in [0, 0.05) is 24.6 Å². The predicted molar refractivity (Wildman–Crippen MR) is 70.3 cm³/mol. The molecular formula is C11H20N2O3S. The van der Waals surface area contributed by atoms with E-state index < -0.39 is 17.3 Å². The number of oxime groups is 1. The van der Waals surface area contributed by atoms with Crippen molar-refractivity contribution in [2.45, 2.75) is 27.2 Å². The van der Waals surface area contributed by atoms with Gasteiger partial charge in [-0.25, -0.2) is 4.79 Å². The number of rotatable bonds is 4. The minimum Gasteiger partial charge on any atom is -0.610 e. The van der Waals surface area contributed by atoms with Gasteiger partial charge in [0.05, 0.1) is 0 Å². The lowest BCUT2D eigenvalue weighted by molar-refractivity contribution is 0.153. The zero-order valence-electron chi connectivity index (χ0n) is 10.8. The number of nitrogens with one attached hydrogen (secondary N) is 1. The molecule has 0 aliphatic heterocycles. The van der Waals surface area contributed by atoms with Crippen molar-refractivity contribution in [2.75, 3.05) is 12.8 Å². The SMILES string of the molecule is C=CC[S+]([O-])C(CC(C)(C)C)=NOC(=O)NC. The molecule has 1 N–H and O–H groups in total. The Morgan fingerprint density at radius 2 is 2.18 bits per heavy atom. The maximum Gasteiger partial charge on any atom is 0.433 e. The predicted octanol–water partition coefficient (Wildman–Crippen LogP) is 2.03. The monoisotopic (exact) mass is 260 g/mol. The number of nitrogens with zero attached hydrogens (tertiary/aromatic N) is 1. The van der Waals surface area contributed by atoms with Crippen LogP contribution in [-0.2, 0) is 16.0 Å². The van der Waals surface area contributed by atoms with Crippen LogP contribution in [0.2, 0.25) is 0 Å². The van der Waals surface area contributed by atoms with E-state index >= 15 is 0 Å². The molecule has 0 bridgehead atoms. The molecule has 0 fully saturated rings. The average Bonchev–Trinajstić information content (AvgIpc) is 2.22. The molecule has 0 aromatic rings. The molecule has 0 aromatic carbocycles. The van der Waals surface area contributed by atoms with E-state index in [1.165, 1.54) is 7.05 Å². The van der Waals surface area contributed by atoms with Gasteiger partial charge in [0.15, 0.2) is 0 Å². The van der Waals surface area contributed by atoms with Gasteiger partial charge < -0.3 is 9.87 Å². The Kier molecular flexibility index (Phi) is 6.91. The Labute approximate surface area is 105 Å². The lowest BCUT2D eigenvalue weighted by Crippen LogP contribution is -2.25. The average molecular weight is 260 g/mol. The summed E-state index contributed by atoms with van der Waals surface area (Å²) in [4.78, 5) is 15.5. The van der Waals surface area contributed by atoms with Gasteiger partial charge >= 0.3 is 6.09 Å². The first-order valence-corrected chi connectivity index (χ1v) is 6.57. The van der Waals surface area contributed by atoms with E-state index in [0.29, 0.717) is 17.2 Å². The molecule has 0 radical (unpaired) electrons. The summed E-state index contributed by atoms with van der Waals surface area (Å²) in [7, 11) is 1.43. The summed E-state index contributed by atoms with van der Waals surface area (Å²) in [5, 5.41) is 6.28. The van der Waals surface area contributed by atoms with Crippen LogP contribution >= 0.6 is 0 Å².